The molecule has 0 aliphatic carbocycles. The normalized spacial score (nSPS) is 10.2. The van der Waals surface area contributed by atoms with E-state index in [0.717, 1.165) is 17.7 Å². The first-order valence-corrected chi connectivity index (χ1v) is 5.89. The molecule has 0 saturated carbocycles. The molecule has 88 valence electrons. The molecular weight excluding hydrogens is 234 g/mol. The van der Waals surface area contributed by atoms with Crippen LogP contribution in [0.3, 0.4) is 0 Å². The summed E-state index contributed by atoms with van der Waals surface area (Å²) in [5, 5.41) is 0.608. The molecule has 0 saturated heterocycles. The topological polar surface area (TPSA) is 35.2 Å². The lowest BCUT2D eigenvalue weighted by Gasteiger charge is -2.08. The molecule has 0 amide bonds. The molecule has 2 N–H and O–H groups in total. The summed E-state index contributed by atoms with van der Waals surface area (Å²) >= 11 is 6.03. The van der Waals surface area contributed by atoms with Crippen LogP contribution in [0.1, 0.15) is 5.56 Å². The summed E-state index contributed by atoms with van der Waals surface area (Å²) in [6, 6.07) is 15.3. The molecule has 0 spiro atoms. The number of hydrogen-bond donors (Lipinski definition) is 1. The number of ether oxygens (including phenoxy) is 1. The Morgan fingerprint density at radius 1 is 1.06 bits per heavy atom. The third-order valence-corrected chi connectivity index (χ3v) is 2.71. The van der Waals surface area contributed by atoms with Gasteiger partial charge in [-0.05, 0) is 42.8 Å². The van der Waals surface area contributed by atoms with Crippen molar-refractivity contribution in [2.24, 2.45) is 5.73 Å². The van der Waals surface area contributed by atoms with E-state index in [-0.39, 0.29) is 0 Å². The van der Waals surface area contributed by atoms with Crippen LogP contribution in [0.4, 0.5) is 0 Å². The van der Waals surface area contributed by atoms with Crippen molar-refractivity contribution in [1.82, 2.24) is 0 Å². The molecule has 17 heavy (non-hydrogen) atoms. The number of rotatable bonds is 4. The van der Waals surface area contributed by atoms with Gasteiger partial charge in [-0.25, -0.2) is 0 Å². The Balaban J connectivity index is 2.18. The van der Waals surface area contributed by atoms with Crippen LogP contribution in [0.25, 0.3) is 0 Å². The van der Waals surface area contributed by atoms with Crippen LogP contribution in [0.2, 0.25) is 5.02 Å². The average Bonchev–Trinajstić information content (AvgIpc) is 2.33. The molecule has 0 aliphatic rings. The van der Waals surface area contributed by atoms with Gasteiger partial charge in [0.05, 0.1) is 5.02 Å². The standard InChI is InChI=1S/C14H14ClNO/c15-13-6-1-2-7-14(13)17-12-5-3-4-11(10-12)8-9-16/h1-7,10H,8-9,16H2. The Morgan fingerprint density at radius 2 is 1.88 bits per heavy atom. The van der Waals surface area contributed by atoms with E-state index in [1.54, 1.807) is 6.07 Å². The van der Waals surface area contributed by atoms with E-state index in [2.05, 4.69) is 0 Å². The predicted octanol–water partition coefficient (Wildman–Crippen LogP) is 3.63. The maximum absolute atomic E-state index is 6.03. The van der Waals surface area contributed by atoms with Crippen molar-refractivity contribution in [2.75, 3.05) is 6.54 Å². The summed E-state index contributed by atoms with van der Waals surface area (Å²) < 4.78 is 5.72. The molecule has 3 heteroatoms. The molecule has 0 fully saturated rings. The lowest BCUT2D eigenvalue weighted by Crippen LogP contribution is -2.02. The maximum Gasteiger partial charge on any atom is 0.146 e. The van der Waals surface area contributed by atoms with E-state index >= 15 is 0 Å². The summed E-state index contributed by atoms with van der Waals surface area (Å²) in [7, 11) is 0. The highest BCUT2D eigenvalue weighted by molar-refractivity contribution is 6.32. The first-order chi connectivity index (χ1) is 8.29. The first kappa shape index (κ1) is 12.0. The summed E-state index contributed by atoms with van der Waals surface area (Å²) in [6.45, 7) is 0.634. The van der Waals surface area contributed by atoms with Crippen LogP contribution >= 0.6 is 11.6 Å². The van der Waals surface area contributed by atoms with Crippen LogP contribution < -0.4 is 10.5 Å². The van der Waals surface area contributed by atoms with Crippen molar-refractivity contribution in [3.8, 4) is 11.5 Å². The largest absolute Gasteiger partial charge is 0.456 e. The van der Waals surface area contributed by atoms with Gasteiger partial charge in [0.1, 0.15) is 11.5 Å². The minimum absolute atomic E-state index is 0.608. The number of hydrogen-bond acceptors (Lipinski definition) is 2. The van der Waals surface area contributed by atoms with Crippen molar-refractivity contribution in [1.29, 1.82) is 0 Å². The maximum atomic E-state index is 6.03. The molecule has 0 aromatic heterocycles. The fraction of sp³-hybridized carbons (Fsp3) is 0.143. The quantitative estimate of drug-likeness (QED) is 0.895. The Bertz CT molecular complexity index is 499. The molecule has 0 unspecified atom stereocenters. The van der Waals surface area contributed by atoms with Gasteiger partial charge in [0.2, 0.25) is 0 Å². The number of para-hydroxylation sites is 1. The fourth-order valence-corrected chi connectivity index (χ4v) is 1.76. The van der Waals surface area contributed by atoms with Gasteiger partial charge in [-0.1, -0.05) is 35.9 Å². The van der Waals surface area contributed by atoms with Crippen molar-refractivity contribution in [2.45, 2.75) is 6.42 Å². The van der Waals surface area contributed by atoms with E-state index in [4.69, 9.17) is 22.1 Å². The fourth-order valence-electron chi connectivity index (χ4n) is 1.59. The van der Waals surface area contributed by atoms with Gasteiger partial charge < -0.3 is 10.5 Å². The van der Waals surface area contributed by atoms with E-state index in [1.165, 1.54) is 0 Å². The van der Waals surface area contributed by atoms with Crippen molar-refractivity contribution in [3.05, 3.63) is 59.1 Å². The van der Waals surface area contributed by atoms with Gasteiger partial charge in [0, 0.05) is 0 Å². The van der Waals surface area contributed by atoms with E-state index in [1.807, 2.05) is 42.5 Å². The van der Waals surface area contributed by atoms with Crippen molar-refractivity contribution < 1.29 is 4.74 Å². The van der Waals surface area contributed by atoms with Gasteiger partial charge in [-0.2, -0.15) is 0 Å². The first-order valence-electron chi connectivity index (χ1n) is 5.51. The second-order valence-corrected chi connectivity index (χ2v) is 4.13. The van der Waals surface area contributed by atoms with Gasteiger partial charge >= 0.3 is 0 Å². The molecule has 2 aromatic rings. The Hall–Kier alpha value is -1.51. The second kappa shape index (κ2) is 5.71. The molecule has 2 rings (SSSR count). The number of benzene rings is 2. The lowest BCUT2D eigenvalue weighted by molar-refractivity contribution is 0.482. The molecular formula is C14H14ClNO. The number of halogens is 1. The summed E-state index contributed by atoms with van der Waals surface area (Å²) in [5.41, 5.74) is 6.69. The minimum Gasteiger partial charge on any atom is -0.456 e. The number of nitrogens with two attached hydrogens (primary N) is 1. The van der Waals surface area contributed by atoms with Crippen molar-refractivity contribution >= 4 is 11.6 Å². The Labute approximate surface area is 106 Å². The van der Waals surface area contributed by atoms with Crippen LogP contribution in [0.5, 0.6) is 11.5 Å². The summed E-state index contributed by atoms with van der Waals surface area (Å²) in [4.78, 5) is 0. The molecule has 2 nitrogen and oxygen atoms in total. The molecule has 0 aliphatic heterocycles. The highest BCUT2D eigenvalue weighted by Gasteiger charge is 2.02. The SMILES string of the molecule is NCCc1cccc(Oc2ccccc2Cl)c1. The van der Waals surface area contributed by atoms with E-state index in [9.17, 15) is 0 Å². The zero-order chi connectivity index (χ0) is 12.1. The summed E-state index contributed by atoms with van der Waals surface area (Å²) in [5.74, 6) is 1.45. The molecule has 2 aromatic carbocycles. The van der Waals surface area contributed by atoms with Crippen LogP contribution in [0, 0.1) is 0 Å². The zero-order valence-corrected chi connectivity index (χ0v) is 10.2. The molecule has 0 heterocycles. The monoisotopic (exact) mass is 247 g/mol. The predicted molar refractivity (Wildman–Crippen MR) is 70.7 cm³/mol. The summed E-state index contributed by atoms with van der Waals surface area (Å²) in [6.07, 6.45) is 0.847. The van der Waals surface area contributed by atoms with Crippen LogP contribution in [-0.2, 0) is 6.42 Å². The molecule has 0 bridgehead atoms. The van der Waals surface area contributed by atoms with Crippen LogP contribution in [-0.4, -0.2) is 6.54 Å². The second-order valence-electron chi connectivity index (χ2n) is 3.72. The van der Waals surface area contributed by atoms with E-state index in [0.29, 0.717) is 17.3 Å². The Morgan fingerprint density at radius 3 is 2.65 bits per heavy atom. The van der Waals surface area contributed by atoms with Gasteiger partial charge in [-0.15, -0.1) is 0 Å². The van der Waals surface area contributed by atoms with Crippen LogP contribution in [0.15, 0.2) is 48.5 Å². The third-order valence-electron chi connectivity index (χ3n) is 2.40. The third kappa shape index (κ3) is 3.22. The minimum atomic E-state index is 0.608. The van der Waals surface area contributed by atoms with Gasteiger partial charge in [0.15, 0.2) is 0 Å². The molecule has 0 atom stereocenters. The molecule has 0 radical (unpaired) electrons. The Kier molecular flexibility index (Phi) is 4.02. The smallest absolute Gasteiger partial charge is 0.146 e. The average molecular weight is 248 g/mol. The lowest BCUT2D eigenvalue weighted by atomic mass is 10.1. The van der Waals surface area contributed by atoms with Gasteiger partial charge in [-0.3, -0.25) is 0 Å². The highest BCUT2D eigenvalue weighted by atomic mass is 35.5. The van der Waals surface area contributed by atoms with E-state index < -0.39 is 0 Å². The highest BCUT2D eigenvalue weighted by Crippen LogP contribution is 2.29. The van der Waals surface area contributed by atoms with Gasteiger partial charge in [0.25, 0.3) is 0 Å². The van der Waals surface area contributed by atoms with Crippen molar-refractivity contribution in [3.63, 3.8) is 0 Å². The zero-order valence-electron chi connectivity index (χ0n) is 9.40.